The number of hydrogen-bond acceptors (Lipinski definition) is 6. The highest BCUT2D eigenvalue weighted by Gasteiger charge is 2.28. The summed E-state index contributed by atoms with van der Waals surface area (Å²) in [6, 6.07) is 13.9. The number of carbonyl (C=O) groups excluding carboxylic acids is 1. The van der Waals surface area contributed by atoms with Crippen LogP contribution < -0.4 is 4.90 Å². The van der Waals surface area contributed by atoms with Crippen LogP contribution in [0.1, 0.15) is 5.56 Å². The fraction of sp³-hybridized carbons (Fsp3) is 0.200. The number of thioether (sulfide) groups is 1. The molecule has 0 N–H and O–H groups in total. The summed E-state index contributed by atoms with van der Waals surface area (Å²) in [4.78, 5) is 31.7. The van der Waals surface area contributed by atoms with Crippen LogP contribution in [0.25, 0.3) is 6.08 Å². The SMILES string of the molecule is O=C1N=C(N2CCN(c3ccc([N+](=O)[O-])cc3)CC2)SC1=Cc1ccccc1Cl. The summed E-state index contributed by atoms with van der Waals surface area (Å²) in [6.45, 7) is 2.93. The largest absolute Gasteiger partial charge is 0.368 e. The molecule has 0 aromatic heterocycles. The fourth-order valence-corrected chi connectivity index (χ4v) is 4.35. The lowest BCUT2D eigenvalue weighted by Gasteiger charge is -2.36. The van der Waals surface area contributed by atoms with E-state index in [0.29, 0.717) is 15.1 Å². The second-order valence-corrected chi connectivity index (χ2v) is 8.00. The number of hydrogen-bond donors (Lipinski definition) is 0. The third-order valence-electron chi connectivity index (χ3n) is 4.78. The van der Waals surface area contributed by atoms with Gasteiger partial charge in [-0.3, -0.25) is 14.9 Å². The molecule has 0 atom stereocenters. The molecule has 2 aliphatic rings. The van der Waals surface area contributed by atoms with Crippen molar-refractivity contribution in [2.24, 2.45) is 4.99 Å². The summed E-state index contributed by atoms with van der Waals surface area (Å²) in [5.74, 6) is -0.247. The summed E-state index contributed by atoms with van der Waals surface area (Å²) in [5, 5.41) is 12.1. The Morgan fingerprint density at radius 3 is 2.34 bits per heavy atom. The quantitative estimate of drug-likeness (QED) is 0.417. The Morgan fingerprint density at radius 1 is 1.03 bits per heavy atom. The van der Waals surface area contributed by atoms with Gasteiger partial charge in [0.05, 0.1) is 9.83 Å². The van der Waals surface area contributed by atoms with Gasteiger partial charge in [0, 0.05) is 49.0 Å². The molecular weight excluding hydrogens is 412 g/mol. The number of amidine groups is 1. The van der Waals surface area contributed by atoms with E-state index >= 15 is 0 Å². The topological polar surface area (TPSA) is 79.0 Å². The molecule has 1 saturated heterocycles. The molecule has 2 aliphatic heterocycles. The minimum Gasteiger partial charge on any atom is -0.368 e. The molecule has 7 nitrogen and oxygen atoms in total. The molecule has 29 heavy (non-hydrogen) atoms. The number of piperazine rings is 1. The highest BCUT2D eigenvalue weighted by molar-refractivity contribution is 8.18. The van der Waals surface area contributed by atoms with E-state index in [1.54, 1.807) is 24.3 Å². The zero-order chi connectivity index (χ0) is 20.4. The number of nitrogens with zero attached hydrogens (tertiary/aromatic N) is 4. The van der Waals surface area contributed by atoms with Gasteiger partial charge in [-0.05, 0) is 41.6 Å². The maximum Gasteiger partial charge on any atom is 0.286 e. The number of nitro groups is 1. The number of rotatable bonds is 3. The molecule has 0 unspecified atom stereocenters. The van der Waals surface area contributed by atoms with E-state index in [2.05, 4.69) is 14.8 Å². The van der Waals surface area contributed by atoms with Crippen molar-refractivity contribution in [3.63, 3.8) is 0 Å². The average Bonchev–Trinajstić information content (AvgIpc) is 3.10. The number of carbonyl (C=O) groups is 1. The Morgan fingerprint density at radius 2 is 1.69 bits per heavy atom. The summed E-state index contributed by atoms with van der Waals surface area (Å²) in [7, 11) is 0. The van der Waals surface area contributed by atoms with Gasteiger partial charge in [-0.2, -0.15) is 4.99 Å². The lowest BCUT2D eigenvalue weighted by atomic mass is 10.2. The smallest absolute Gasteiger partial charge is 0.286 e. The number of amides is 1. The number of benzene rings is 2. The molecule has 2 aromatic carbocycles. The highest BCUT2D eigenvalue weighted by atomic mass is 35.5. The molecule has 0 spiro atoms. The molecule has 0 bridgehead atoms. The van der Waals surface area contributed by atoms with Crippen molar-refractivity contribution >= 4 is 51.9 Å². The van der Waals surface area contributed by atoms with Crippen molar-refractivity contribution in [1.29, 1.82) is 0 Å². The number of anilines is 1. The molecule has 0 aliphatic carbocycles. The average molecular weight is 429 g/mol. The van der Waals surface area contributed by atoms with Gasteiger partial charge in [-0.15, -0.1) is 0 Å². The predicted octanol–water partition coefficient (Wildman–Crippen LogP) is 4.04. The van der Waals surface area contributed by atoms with Crippen LogP contribution in [-0.2, 0) is 4.79 Å². The molecule has 2 aromatic rings. The van der Waals surface area contributed by atoms with Crippen LogP contribution in [0.2, 0.25) is 5.02 Å². The molecule has 0 radical (unpaired) electrons. The van der Waals surface area contributed by atoms with Gasteiger partial charge in [0.2, 0.25) is 0 Å². The Bertz CT molecular complexity index is 1010. The lowest BCUT2D eigenvalue weighted by molar-refractivity contribution is -0.384. The van der Waals surface area contributed by atoms with Crippen LogP contribution in [0.15, 0.2) is 58.4 Å². The van der Waals surface area contributed by atoms with Crippen LogP contribution in [-0.4, -0.2) is 47.1 Å². The van der Waals surface area contributed by atoms with Crippen LogP contribution >= 0.6 is 23.4 Å². The monoisotopic (exact) mass is 428 g/mol. The summed E-state index contributed by atoms with van der Waals surface area (Å²) in [5.41, 5.74) is 1.83. The van der Waals surface area contributed by atoms with Crippen molar-refractivity contribution in [2.45, 2.75) is 0 Å². The zero-order valence-corrected chi connectivity index (χ0v) is 16.9. The van der Waals surface area contributed by atoms with E-state index < -0.39 is 4.92 Å². The van der Waals surface area contributed by atoms with Crippen molar-refractivity contribution in [3.8, 4) is 0 Å². The maximum absolute atomic E-state index is 12.3. The van der Waals surface area contributed by atoms with Crippen molar-refractivity contribution in [2.75, 3.05) is 31.1 Å². The minimum absolute atomic E-state index is 0.0837. The van der Waals surface area contributed by atoms with Crippen LogP contribution in [0, 0.1) is 10.1 Å². The van der Waals surface area contributed by atoms with Crippen molar-refractivity contribution in [3.05, 3.63) is 74.1 Å². The summed E-state index contributed by atoms with van der Waals surface area (Å²) < 4.78 is 0. The third-order valence-corrected chi connectivity index (χ3v) is 6.17. The predicted molar refractivity (Wildman–Crippen MR) is 116 cm³/mol. The molecule has 2 heterocycles. The van der Waals surface area contributed by atoms with Gasteiger partial charge >= 0.3 is 0 Å². The molecule has 1 amide bonds. The number of non-ortho nitro benzene ring substituents is 1. The first kappa shape index (κ1) is 19.5. The third kappa shape index (κ3) is 4.28. The van der Waals surface area contributed by atoms with Gasteiger partial charge in [0.25, 0.3) is 11.6 Å². The van der Waals surface area contributed by atoms with Gasteiger partial charge in [0.15, 0.2) is 5.17 Å². The Labute approximate surface area is 176 Å². The minimum atomic E-state index is -0.401. The normalized spacial score (nSPS) is 18.3. The van der Waals surface area contributed by atoms with Crippen LogP contribution in [0.4, 0.5) is 11.4 Å². The Kier molecular flexibility index (Phi) is 5.55. The van der Waals surface area contributed by atoms with Crippen LogP contribution in [0.3, 0.4) is 0 Å². The number of halogens is 1. The van der Waals surface area contributed by atoms with E-state index in [4.69, 9.17) is 11.6 Å². The molecule has 4 rings (SSSR count). The van der Waals surface area contributed by atoms with Gasteiger partial charge in [-0.1, -0.05) is 29.8 Å². The van der Waals surface area contributed by atoms with E-state index in [1.807, 2.05) is 18.2 Å². The first-order chi connectivity index (χ1) is 14.0. The molecule has 9 heteroatoms. The van der Waals surface area contributed by atoms with Gasteiger partial charge in [0.1, 0.15) is 0 Å². The maximum atomic E-state index is 12.3. The Hall–Kier alpha value is -2.84. The van der Waals surface area contributed by atoms with E-state index in [1.165, 1.54) is 23.9 Å². The van der Waals surface area contributed by atoms with Gasteiger partial charge in [-0.25, -0.2) is 0 Å². The number of nitro benzene ring substituents is 1. The Balaban J connectivity index is 1.39. The van der Waals surface area contributed by atoms with E-state index in [-0.39, 0.29) is 11.6 Å². The second kappa shape index (κ2) is 8.26. The standard InChI is InChI=1S/C20H17ClN4O3S/c21-17-4-2-1-3-14(17)13-18-19(26)22-20(29-18)24-11-9-23(10-12-24)15-5-7-16(8-6-15)25(27)28/h1-8,13H,9-12H2. The molecule has 1 fully saturated rings. The summed E-state index contributed by atoms with van der Waals surface area (Å²) >= 11 is 7.55. The first-order valence-corrected chi connectivity index (χ1v) is 10.2. The van der Waals surface area contributed by atoms with Crippen molar-refractivity contribution in [1.82, 2.24) is 4.90 Å². The number of aliphatic imine (C=N–C) groups is 1. The van der Waals surface area contributed by atoms with Gasteiger partial charge < -0.3 is 9.80 Å². The first-order valence-electron chi connectivity index (χ1n) is 9.03. The lowest BCUT2D eigenvalue weighted by Crippen LogP contribution is -2.47. The van der Waals surface area contributed by atoms with Crippen LogP contribution in [0.5, 0.6) is 0 Å². The van der Waals surface area contributed by atoms with Crippen molar-refractivity contribution < 1.29 is 9.72 Å². The fourth-order valence-electron chi connectivity index (χ4n) is 3.21. The molecular formula is C20H17ClN4O3S. The summed E-state index contributed by atoms with van der Waals surface area (Å²) in [6.07, 6.45) is 1.78. The highest BCUT2D eigenvalue weighted by Crippen LogP contribution is 2.32. The van der Waals surface area contributed by atoms with E-state index in [9.17, 15) is 14.9 Å². The second-order valence-electron chi connectivity index (χ2n) is 6.58. The zero-order valence-electron chi connectivity index (χ0n) is 15.3. The molecule has 148 valence electrons. The molecule has 0 saturated carbocycles. The van der Waals surface area contributed by atoms with E-state index in [0.717, 1.165) is 37.4 Å².